The van der Waals surface area contributed by atoms with E-state index in [1.165, 1.54) is 5.56 Å². The average Bonchev–Trinajstić information content (AvgIpc) is 2.37. The Bertz CT molecular complexity index is 458. The molecule has 0 heterocycles. The molecule has 0 spiro atoms. The second kappa shape index (κ2) is 6.75. The molecule has 0 fully saturated rings. The number of benzene rings is 1. The molecule has 1 rings (SSSR count). The number of alkyl halides is 1. The molecule has 0 aliphatic rings. The van der Waals surface area contributed by atoms with E-state index in [4.69, 9.17) is 6.42 Å². The number of unbranched alkanes of at least 4 members (excludes halogenated alkanes) is 1. The number of hydrogen-bond acceptors (Lipinski definition) is 1. The molecule has 0 aliphatic heterocycles. The fourth-order valence-electron chi connectivity index (χ4n) is 2.12. The van der Waals surface area contributed by atoms with Gasteiger partial charge in [-0.05, 0) is 32.3 Å². The Morgan fingerprint density at radius 3 is 2.78 bits per heavy atom. The monoisotopic (exact) mass is 306 g/mol. The van der Waals surface area contributed by atoms with E-state index in [0.717, 1.165) is 24.8 Å². The van der Waals surface area contributed by atoms with Crippen molar-refractivity contribution in [3.05, 3.63) is 35.4 Å². The summed E-state index contributed by atoms with van der Waals surface area (Å²) < 4.78 is 0. The molecule has 0 aromatic heterocycles. The van der Waals surface area contributed by atoms with Crippen molar-refractivity contribution in [2.75, 3.05) is 5.33 Å². The number of rotatable bonds is 6. The van der Waals surface area contributed by atoms with E-state index in [9.17, 15) is 4.79 Å². The van der Waals surface area contributed by atoms with Gasteiger partial charge in [-0.15, -0.1) is 12.3 Å². The van der Waals surface area contributed by atoms with Crippen LogP contribution in [0.25, 0.3) is 0 Å². The van der Waals surface area contributed by atoms with Crippen LogP contribution in [0.4, 0.5) is 0 Å². The molecule has 96 valence electrons. The van der Waals surface area contributed by atoms with Crippen molar-refractivity contribution in [3.8, 4) is 12.3 Å². The molecule has 2 heteroatoms. The molecule has 1 aromatic carbocycles. The Kier molecular flexibility index (Phi) is 5.62. The quantitative estimate of drug-likeness (QED) is 0.441. The number of carbonyl (C=O) groups is 1. The Morgan fingerprint density at radius 1 is 1.50 bits per heavy atom. The predicted octanol–water partition coefficient (Wildman–Crippen LogP) is 4.02. The van der Waals surface area contributed by atoms with Gasteiger partial charge in [0, 0.05) is 6.42 Å². The summed E-state index contributed by atoms with van der Waals surface area (Å²) >= 11 is 3.29. The maximum absolute atomic E-state index is 12.2. The van der Waals surface area contributed by atoms with E-state index in [0.29, 0.717) is 5.33 Å². The van der Waals surface area contributed by atoms with Gasteiger partial charge in [0.2, 0.25) is 0 Å². The standard InChI is InChI=1S/C16H19BrO/c1-4-5-6-10-16(3,15(18)12-17)14-9-7-8-13(2)11-14/h1,7-9,11H,5-6,10,12H2,2-3H3. The van der Waals surface area contributed by atoms with Crippen molar-refractivity contribution in [2.45, 2.75) is 38.5 Å². The van der Waals surface area contributed by atoms with Crippen LogP contribution in [-0.4, -0.2) is 11.1 Å². The molecule has 1 nitrogen and oxygen atoms in total. The van der Waals surface area contributed by atoms with Gasteiger partial charge in [0.25, 0.3) is 0 Å². The molecule has 0 bridgehead atoms. The fourth-order valence-corrected chi connectivity index (χ4v) is 2.74. The third kappa shape index (κ3) is 3.46. The zero-order valence-electron chi connectivity index (χ0n) is 11.0. The minimum atomic E-state index is -0.438. The first-order valence-corrected chi connectivity index (χ1v) is 7.26. The average molecular weight is 307 g/mol. The van der Waals surface area contributed by atoms with Gasteiger partial charge in [0.1, 0.15) is 0 Å². The zero-order chi connectivity index (χ0) is 13.6. The van der Waals surface area contributed by atoms with Crippen LogP contribution in [0, 0.1) is 19.3 Å². The Balaban J connectivity index is 3.04. The molecular weight excluding hydrogens is 288 g/mol. The second-order valence-corrected chi connectivity index (χ2v) is 5.38. The highest BCUT2D eigenvalue weighted by Crippen LogP contribution is 2.32. The lowest BCUT2D eigenvalue weighted by molar-refractivity contribution is -0.121. The van der Waals surface area contributed by atoms with Crippen molar-refractivity contribution < 1.29 is 4.79 Å². The van der Waals surface area contributed by atoms with Gasteiger partial charge in [0.05, 0.1) is 10.7 Å². The maximum atomic E-state index is 12.2. The molecule has 0 aliphatic carbocycles. The van der Waals surface area contributed by atoms with Crippen molar-refractivity contribution in [2.24, 2.45) is 0 Å². The third-order valence-electron chi connectivity index (χ3n) is 3.39. The normalized spacial score (nSPS) is 13.7. The van der Waals surface area contributed by atoms with Gasteiger partial charge >= 0.3 is 0 Å². The van der Waals surface area contributed by atoms with Gasteiger partial charge in [-0.3, -0.25) is 4.79 Å². The van der Waals surface area contributed by atoms with Crippen LogP contribution < -0.4 is 0 Å². The number of terminal acetylenes is 1. The highest BCUT2D eigenvalue weighted by atomic mass is 79.9. The molecule has 0 N–H and O–H groups in total. The van der Waals surface area contributed by atoms with Crippen LogP contribution in [0.5, 0.6) is 0 Å². The fraction of sp³-hybridized carbons (Fsp3) is 0.438. The summed E-state index contributed by atoms with van der Waals surface area (Å²) in [6, 6.07) is 8.18. The van der Waals surface area contributed by atoms with Gasteiger partial charge < -0.3 is 0 Å². The summed E-state index contributed by atoms with van der Waals surface area (Å²) in [5.41, 5.74) is 1.83. The molecule has 1 aromatic rings. The van der Waals surface area contributed by atoms with E-state index in [-0.39, 0.29) is 5.78 Å². The zero-order valence-corrected chi connectivity index (χ0v) is 12.6. The number of hydrogen-bond donors (Lipinski definition) is 0. The SMILES string of the molecule is C#CCCCC(C)(C(=O)CBr)c1cccc(C)c1. The minimum absolute atomic E-state index is 0.213. The van der Waals surface area contributed by atoms with Crippen molar-refractivity contribution in [3.63, 3.8) is 0 Å². The number of aryl methyl sites for hydroxylation is 1. The molecule has 1 unspecified atom stereocenters. The van der Waals surface area contributed by atoms with Crippen LogP contribution >= 0.6 is 15.9 Å². The first-order valence-electron chi connectivity index (χ1n) is 6.14. The van der Waals surface area contributed by atoms with E-state index >= 15 is 0 Å². The summed E-state index contributed by atoms with van der Waals surface area (Å²) in [4.78, 5) is 12.2. The number of Topliss-reactive ketones (excluding diaryl/α,β-unsaturated/α-hetero) is 1. The van der Waals surface area contributed by atoms with Gasteiger partial charge in [-0.1, -0.05) is 45.8 Å². The number of ketones is 1. The Labute approximate surface area is 118 Å². The molecule has 0 amide bonds. The van der Waals surface area contributed by atoms with Gasteiger partial charge in [-0.25, -0.2) is 0 Å². The van der Waals surface area contributed by atoms with E-state index < -0.39 is 5.41 Å². The number of halogens is 1. The third-order valence-corrected chi connectivity index (χ3v) is 3.90. The van der Waals surface area contributed by atoms with Crippen LogP contribution in [0.15, 0.2) is 24.3 Å². The summed E-state index contributed by atoms with van der Waals surface area (Å²) in [7, 11) is 0. The van der Waals surface area contributed by atoms with Crippen LogP contribution in [-0.2, 0) is 10.2 Å². The van der Waals surface area contributed by atoms with Crippen molar-refractivity contribution in [1.82, 2.24) is 0 Å². The number of carbonyl (C=O) groups excluding carboxylic acids is 1. The molecule has 0 saturated heterocycles. The van der Waals surface area contributed by atoms with Crippen molar-refractivity contribution in [1.29, 1.82) is 0 Å². The lowest BCUT2D eigenvalue weighted by atomic mass is 9.75. The molecule has 0 saturated carbocycles. The largest absolute Gasteiger partial charge is 0.298 e. The topological polar surface area (TPSA) is 17.1 Å². The smallest absolute Gasteiger partial charge is 0.153 e. The van der Waals surface area contributed by atoms with Gasteiger partial charge in [-0.2, -0.15) is 0 Å². The van der Waals surface area contributed by atoms with E-state index in [1.807, 2.05) is 32.0 Å². The first kappa shape index (κ1) is 15.0. The lowest BCUT2D eigenvalue weighted by Crippen LogP contribution is -2.33. The molecule has 1 atom stereocenters. The maximum Gasteiger partial charge on any atom is 0.153 e. The van der Waals surface area contributed by atoms with Crippen molar-refractivity contribution >= 4 is 21.7 Å². The van der Waals surface area contributed by atoms with Crippen LogP contribution in [0.3, 0.4) is 0 Å². The second-order valence-electron chi connectivity index (χ2n) is 4.82. The van der Waals surface area contributed by atoms with E-state index in [1.54, 1.807) is 0 Å². The summed E-state index contributed by atoms with van der Waals surface area (Å²) in [5, 5.41) is 0.382. The highest BCUT2D eigenvalue weighted by Gasteiger charge is 2.33. The van der Waals surface area contributed by atoms with Crippen LogP contribution in [0.2, 0.25) is 0 Å². The Hall–Kier alpha value is -1.07. The van der Waals surface area contributed by atoms with E-state index in [2.05, 4.69) is 27.9 Å². The summed E-state index contributed by atoms with van der Waals surface area (Å²) in [5.74, 6) is 2.85. The molecule has 0 radical (unpaired) electrons. The predicted molar refractivity (Wildman–Crippen MR) is 80.0 cm³/mol. The minimum Gasteiger partial charge on any atom is -0.298 e. The van der Waals surface area contributed by atoms with Crippen LogP contribution in [0.1, 0.15) is 37.3 Å². The first-order chi connectivity index (χ1) is 8.54. The highest BCUT2D eigenvalue weighted by molar-refractivity contribution is 9.09. The molecular formula is C16H19BrO. The summed E-state index contributed by atoms with van der Waals surface area (Å²) in [6.07, 6.45) is 7.68. The molecule has 18 heavy (non-hydrogen) atoms. The Morgan fingerprint density at radius 2 is 2.22 bits per heavy atom. The summed E-state index contributed by atoms with van der Waals surface area (Å²) in [6.45, 7) is 4.06. The van der Waals surface area contributed by atoms with Gasteiger partial charge in [0.15, 0.2) is 5.78 Å². The lowest BCUT2D eigenvalue weighted by Gasteiger charge is -2.28.